The van der Waals surface area contributed by atoms with Gasteiger partial charge in [0.05, 0.1) is 13.2 Å². The van der Waals surface area contributed by atoms with Crippen molar-refractivity contribution in [1.82, 2.24) is 0 Å². The molecule has 4 heteroatoms. The first-order valence-corrected chi connectivity index (χ1v) is 4.06. The van der Waals surface area contributed by atoms with Crippen LogP contribution in [0.25, 0.3) is 0 Å². The summed E-state index contributed by atoms with van der Waals surface area (Å²) in [6.45, 7) is 1.10. The quantitative estimate of drug-likeness (QED) is 0.700. The van der Waals surface area contributed by atoms with Crippen molar-refractivity contribution in [1.29, 1.82) is 0 Å². The van der Waals surface area contributed by atoms with Gasteiger partial charge >= 0.3 is 0 Å². The third-order valence-corrected chi connectivity index (χ3v) is 1.91. The van der Waals surface area contributed by atoms with Crippen molar-refractivity contribution in [3.8, 4) is 5.75 Å². The average molecular weight is 183 g/mol. The van der Waals surface area contributed by atoms with E-state index in [9.17, 15) is 4.39 Å². The average Bonchev–Trinajstić information content (AvgIpc) is 2.04. The van der Waals surface area contributed by atoms with Crippen molar-refractivity contribution in [3.63, 3.8) is 0 Å². The summed E-state index contributed by atoms with van der Waals surface area (Å²) in [5.74, 6) is -0.0500. The molecule has 0 saturated carbocycles. The fourth-order valence-corrected chi connectivity index (χ4v) is 1.08. The van der Waals surface area contributed by atoms with Gasteiger partial charge in [0.15, 0.2) is 0 Å². The molecule has 70 valence electrons. The number of hydrogen-bond donors (Lipinski definition) is 1. The molecule has 0 aromatic heterocycles. The molecular weight excluding hydrogens is 173 g/mol. The normalized spacial score (nSPS) is 16.7. The zero-order valence-electron chi connectivity index (χ0n) is 7.00. The van der Waals surface area contributed by atoms with Gasteiger partial charge in [-0.15, -0.1) is 0 Å². The minimum absolute atomic E-state index is 0.0177. The van der Waals surface area contributed by atoms with Gasteiger partial charge in [0, 0.05) is 0 Å². The predicted octanol–water partition coefficient (Wildman–Crippen LogP) is 1.19. The molecular formula is C9H10FNO2. The SMILES string of the molecule is Nc1c(F)cccc1OC1COC1. The van der Waals surface area contributed by atoms with E-state index >= 15 is 0 Å². The molecule has 1 aliphatic rings. The van der Waals surface area contributed by atoms with Gasteiger partial charge < -0.3 is 15.2 Å². The van der Waals surface area contributed by atoms with E-state index in [4.69, 9.17) is 15.2 Å². The summed E-state index contributed by atoms with van der Waals surface area (Å²) >= 11 is 0. The highest BCUT2D eigenvalue weighted by molar-refractivity contribution is 5.53. The topological polar surface area (TPSA) is 44.5 Å². The molecule has 0 spiro atoms. The first-order valence-electron chi connectivity index (χ1n) is 4.06. The van der Waals surface area contributed by atoms with E-state index < -0.39 is 5.82 Å². The maximum Gasteiger partial charge on any atom is 0.149 e. The maximum atomic E-state index is 12.9. The van der Waals surface area contributed by atoms with Gasteiger partial charge in [0.2, 0.25) is 0 Å². The zero-order chi connectivity index (χ0) is 9.26. The standard InChI is InChI=1S/C9H10FNO2/c10-7-2-1-3-8(9(7)11)13-6-4-12-5-6/h1-3,6H,4-5,11H2. The highest BCUT2D eigenvalue weighted by Gasteiger charge is 2.21. The Bertz CT molecular complexity index is 312. The molecule has 0 bridgehead atoms. The highest BCUT2D eigenvalue weighted by atomic mass is 19.1. The second-order valence-corrected chi connectivity index (χ2v) is 2.93. The van der Waals surface area contributed by atoms with Crippen LogP contribution in [0.15, 0.2) is 18.2 Å². The summed E-state index contributed by atoms with van der Waals surface area (Å²) in [7, 11) is 0. The largest absolute Gasteiger partial charge is 0.483 e. The Hall–Kier alpha value is -1.29. The minimum atomic E-state index is -0.447. The first-order chi connectivity index (χ1) is 6.27. The molecule has 1 aromatic carbocycles. The fourth-order valence-electron chi connectivity index (χ4n) is 1.08. The lowest BCUT2D eigenvalue weighted by Crippen LogP contribution is -2.38. The van der Waals surface area contributed by atoms with Crippen molar-refractivity contribution < 1.29 is 13.9 Å². The second kappa shape index (κ2) is 3.22. The van der Waals surface area contributed by atoms with E-state index in [-0.39, 0.29) is 11.8 Å². The van der Waals surface area contributed by atoms with Gasteiger partial charge in [-0.05, 0) is 12.1 Å². The van der Waals surface area contributed by atoms with Crippen molar-refractivity contribution >= 4 is 5.69 Å². The Labute approximate surface area is 75.3 Å². The molecule has 1 saturated heterocycles. The summed E-state index contributed by atoms with van der Waals surface area (Å²) in [6.07, 6.45) is 0.0177. The van der Waals surface area contributed by atoms with E-state index in [1.807, 2.05) is 0 Å². The number of anilines is 1. The van der Waals surface area contributed by atoms with Crippen LogP contribution in [0, 0.1) is 5.82 Å². The zero-order valence-corrected chi connectivity index (χ0v) is 7.00. The molecule has 1 heterocycles. The third-order valence-electron chi connectivity index (χ3n) is 1.91. The second-order valence-electron chi connectivity index (χ2n) is 2.93. The van der Waals surface area contributed by atoms with Gasteiger partial charge in [0.1, 0.15) is 23.4 Å². The van der Waals surface area contributed by atoms with Crippen molar-refractivity contribution in [2.75, 3.05) is 18.9 Å². The van der Waals surface area contributed by atoms with Gasteiger partial charge in [0.25, 0.3) is 0 Å². The molecule has 0 radical (unpaired) electrons. The molecule has 0 unspecified atom stereocenters. The van der Waals surface area contributed by atoms with Gasteiger partial charge in [-0.25, -0.2) is 4.39 Å². The summed E-state index contributed by atoms with van der Waals surface area (Å²) in [6, 6.07) is 4.52. The Morgan fingerprint density at radius 3 is 2.85 bits per heavy atom. The van der Waals surface area contributed by atoms with Crippen molar-refractivity contribution in [2.45, 2.75) is 6.10 Å². The van der Waals surface area contributed by atoms with Crippen LogP contribution in [-0.4, -0.2) is 19.3 Å². The highest BCUT2D eigenvalue weighted by Crippen LogP contribution is 2.25. The number of ether oxygens (including phenoxy) is 2. The summed E-state index contributed by atoms with van der Waals surface area (Å²) < 4.78 is 23.2. The van der Waals surface area contributed by atoms with Crippen LogP contribution >= 0.6 is 0 Å². The van der Waals surface area contributed by atoms with Crippen LogP contribution in [0.3, 0.4) is 0 Å². The number of nitrogens with two attached hydrogens (primary N) is 1. The van der Waals surface area contributed by atoms with E-state index in [0.717, 1.165) is 0 Å². The van der Waals surface area contributed by atoms with Crippen LogP contribution in [0.1, 0.15) is 0 Å². The van der Waals surface area contributed by atoms with Gasteiger partial charge in [-0.1, -0.05) is 6.07 Å². The Morgan fingerprint density at radius 1 is 1.46 bits per heavy atom. The van der Waals surface area contributed by atoms with Crippen LogP contribution in [0.2, 0.25) is 0 Å². The van der Waals surface area contributed by atoms with Crippen LogP contribution in [-0.2, 0) is 4.74 Å². The van der Waals surface area contributed by atoms with Crippen molar-refractivity contribution in [3.05, 3.63) is 24.0 Å². The monoisotopic (exact) mass is 183 g/mol. The number of hydrogen-bond acceptors (Lipinski definition) is 3. The molecule has 13 heavy (non-hydrogen) atoms. The Kier molecular flexibility index (Phi) is 2.06. The fraction of sp³-hybridized carbons (Fsp3) is 0.333. The Balaban J connectivity index is 2.14. The molecule has 1 aliphatic heterocycles. The van der Waals surface area contributed by atoms with Crippen molar-refractivity contribution in [2.24, 2.45) is 0 Å². The maximum absolute atomic E-state index is 12.9. The lowest BCUT2D eigenvalue weighted by atomic mass is 10.2. The number of halogens is 1. The predicted molar refractivity (Wildman–Crippen MR) is 46.0 cm³/mol. The third kappa shape index (κ3) is 1.58. The van der Waals surface area contributed by atoms with Crippen LogP contribution < -0.4 is 10.5 Å². The molecule has 0 atom stereocenters. The molecule has 0 aliphatic carbocycles. The number of para-hydroxylation sites is 1. The van der Waals surface area contributed by atoms with Gasteiger partial charge in [-0.2, -0.15) is 0 Å². The lowest BCUT2D eigenvalue weighted by Gasteiger charge is -2.27. The van der Waals surface area contributed by atoms with E-state index in [1.54, 1.807) is 12.1 Å². The van der Waals surface area contributed by atoms with Crippen LogP contribution in [0.5, 0.6) is 5.75 Å². The number of rotatable bonds is 2. The molecule has 2 N–H and O–H groups in total. The van der Waals surface area contributed by atoms with Crippen LogP contribution in [0.4, 0.5) is 10.1 Å². The lowest BCUT2D eigenvalue weighted by molar-refractivity contribution is -0.0794. The van der Waals surface area contributed by atoms with E-state index in [2.05, 4.69) is 0 Å². The summed E-state index contributed by atoms with van der Waals surface area (Å²) in [5, 5.41) is 0. The molecule has 1 aromatic rings. The number of benzene rings is 1. The van der Waals surface area contributed by atoms with E-state index in [0.29, 0.717) is 19.0 Å². The molecule has 2 rings (SSSR count). The minimum Gasteiger partial charge on any atom is -0.483 e. The molecule has 3 nitrogen and oxygen atoms in total. The molecule has 0 amide bonds. The number of nitrogen functional groups attached to an aromatic ring is 1. The summed E-state index contributed by atoms with van der Waals surface area (Å²) in [4.78, 5) is 0. The first kappa shape index (κ1) is 8.31. The van der Waals surface area contributed by atoms with E-state index in [1.165, 1.54) is 6.07 Å². The molecule has 1 fully saturated rings. The van der Waals surface area contributed by atoms with Gasteiger partial charge in [-0.3, -0.25) is 0 Å². The smallest absolute Gasteiger partial charge is 0.149 e. The summed E-state index contributed by atoms with van der Waals surface area (Å²) in [5.41, 5.74) is 5.53. The Morgan fingerprint density at radius 2 is 2.23 bits per heavy atom.